The van der Waals surface area contributed by atoms with Gasteiger partial charge in [-0.1, -0.05) is 23.7 Å². The lowest BCUT2D eigenvalue weighted by molar-refractivity contribution is 0.0697. The van der Waals surface area contributed by atoms with Crippen molar-refractivity contribution in [1.82, 2.24) is 4.37 Å². The highest BCUT2D eigenvalue weighted by atomic mass is 35.5. The highest BCUT2D eigenvalue weighted by Crippen LogP contribution is 2.33. The molecule has 2 aromatic carbocycles. The molecule has 0 amide bonds. The van der Waals surface area contributed by atoms with Crippen LogP contribution in [0.5, 0.6) is 0 Å². The average molecular weight is 305 g/mol. The van der Waals surface area contributed by atoms with Gasteiger partial charge in [-0.3, -0.25) is 0 Å². The summed E-state index contributed by atoms with van der Waals surface area (Å²) in [5.41, 5.74) is 1.74. The maximum atomic E-state index is 10.9. The Morgan fingerprint density at radius 1 is 1.25 bits per heavy atom. The predicted octanol–water partition coefficient (Wildman–Crippen LogP) is 4.39. The molecule has 0 aliphatic carbocycles. The molecule has 0 bridgehead atoms. The van der Waals surface area contributed by atoms with Gasteiger partial charge in [-0.15, -0.1) is 0 Å². The van der Waals surface area contributed by atoms with E-state index >= 15 is 0 Å². The van der Waals surface area contributed by atoms with Gasteiger partial charge in [0.05, 0.1) is 21.8 Å². The third kappa shape index (κ3) is 2.33. The van der Waals surface area contributed by atoms with E-state index in [9.17, 15) is 4.79 Å². The standard InChI is InChI=1S/C14H9ClN2O2S/c15-10-7-8(14(18)19)5-6-12(10)16-13-9-3-1-2-4-11(9)17-20-13/h1-7,16H,(H,18,19). The number of hydrogen-bond donors (Lipinski definition) is 2. The number of hydrogen-bond acceptors (Lipinski definition) is 4. The van der Waals surface area contributed by atoms with E-state index in [-0.39, 0.29) is 5.56 Å². The van der Waals surface area contributed by atoms with Gasteiger partial charge >= 0.3 is 5.97 Å². The van der Waals surface area contributed by atoms with Crippen LogP contribution in [0.3, 0.4) is 0 Å². The first-order valence-electron chi connectivity index (χ1n) is 5.79. The van der Waals surface area contributed by atoms with Crippen LogP contribution in [0.4, 0.5) is 10.7 Å². The number of carbonyl (C=O) groups is 1. The molecule has 0 radical (unpaired) electrons. The van der Waals surface area contributed by atoms with Crippen molar-refractivity contribution in [3.63, 3.8) is 0 Å². The van der Waals surface area contributed by atoms with Crippen LogP contribution in [0.15, 0.2) is 42.5 Å². The lowest BCUT2D eigenvalue weighted by Crippen LogP contribution is -1.97. The van der Waals surface area contributed by atoms with Crippen LogP contribution in [-0.4, -0.2) is 15.4 Å². The van der Waals surface area contributed by atoms with Crippen LogP contribution >= 0.6 is 23.1 Å². The number of rotatable bonds is 3. The van der Waals surface area contributed by atoms with E-state index in [4.69, 9.17) is 16.7 Å². The molecule has 3 aromatic rings. The number of aromatic carboxylic acids is 1. The van der Waals surface area contributed by atoms with Crippen LogP contribution in [-0.2, 0) is 0 Å². The Morgan fingerprint density at radius 2 is 2.05 bits per heavy atom. The molecule has 0 aliphatic heterocycles. The molecule has 2 N–H and O–H groups in total. The largest absolute Gasteiger partial charge is 0.478 e. The lowest BCUT2D eigenvalue weighted by Gasteiger charge is -2.07. The molecule has 4 nitrogen and oxygen atoms in total. The summed E-state index contributed by atoms with van der Waals surface area (Å²) in [6.45, 7) is 0. The zero-order valence-corrected chi connectivity index (χ0v) is 11.7. The quantitative estimate of drug-likeness (QED) is 0.753. The summed E-state index contributed by atoms with van der Waals surface area (Å²) in [6, 6.07) is 12.4. The maximum absolute atomic E-state index is 10.9. The fraction of sp³-hybridized carbons (Fsp3) is 0. The number of carboxylic acids is 1. The summed E-state index contributed by atoms with van der Waals surface area (Å²) >= 11 is 7.44. The smallest absolute Gasteiger partial charge is 0.335 e. The van der Waals surface area contributed by atoms with E-state index in [1.807, 2.05) is 24.3 Å². The Hall–Kier alpha value is -2.11. The van der Waals surface area contributed by atoms with Crippen molar-refractivity contribution in [3.05, 3.63) is 53.1 Å². The van der Waals surface area contributed by atoms with Crippen molar-refractivity contribution < 1.29 is 9.90 Å². The van der Waals surface area contributed by atoms with Crippen molar-refractivity contribution in [3.8, 4) is 0 Å². The van der Waals surface area contributed by atoms with Crippen molar-refractivity contribution in [2.75, 3.05) is 5.32 Å². The molecule has 6 heteroatoms. The van der Waals surface area contributed by atoms with Gasteiger partial charge in [0.1, 0.15) is 5.00 Å². The first-order chi connectivity index (χ1) is 9.65. The number of aromatic nitrogens is 1. The molecule has 0 aliphatic rings. The van der Waals surface area contributed by atoms with E-state index in [1.54, 1.807) is 6.07 Å². The number of anilines is 2. The third-order valence-electron chi connectivity index (χ3n) is 2.85. The monoisotopic (exact) mass is 304 g/mol. The van der Waals surface area contributed by atoms with Crippen molar-refractivity contribution in [2.24, 2.45) is 0 Å². The molecule has 0 saturated carbocycles. The summed E-state index contributed by atoms with van der Waals surface area (Å²) in [5.74, 6) is -0.998. The molecule has 3 rings (SSSR count). The Morgan fingerprint density at radius 3 is 2.80 bits per heavy atom. The van der Waals surface area contributed by atoms with Crippen LogP contribution in [0, 0.1) is 0 Å². The number of halogens is 1. The molecule has 0 unspecified atom stereocenters. The van der Waals surface area contributed by atoms with Gasteiger partial charge in [0.2, 0.25) is 0 Å². The Labute approximate surface area is 123 Å². The summed E-state index contributed by atoms with van der Waals surface area (Å²) in [5, 5.41) is 14.4. The molecule has 1 aromatic heterocycles. The van der Waals surface area contributed by atoms with Gasteiger partial charge in [-0.05, 0) is 41.9 Å². The molecular weight excluding hydrogens is 296 g/mol. The Bertz CT molecular complexity index is 801. The lowest BCUT2D eigenvalue weighted by atomic mass is 10.2. The Kier molecular flexibility index (Phi) is 3.30. The van der Waals surface area contributed by atoms with Crippen LogP contribution < -0.4 is 5.32 Å². The van der Waals surface area contributed by atoms with E-state index < -0.39 is 5.97 Å². The zero-order valence-electron chi connectivity index (χ0n) is 10.1. The number of benzene rings is 2. The second kappa shape index (κ2) is 5.11. The van der Waals surface area contributed by atoms with Crippen molar-refractivity contribution in [1.29, 1.82) is 0 Å². The van der Waals surface area contributed by atoms with Gasteiger partial charge in [-0.25, -0.2) is 4.79 Å². The van der Waals surface area contributed by atoms with E-state index in [0.717, 1.165) is 15.9 Å². The highest BCUT2D eigenvalue weighted by Gasteiger charge is 2.10. The summed E-state index contributed by atoms with van der Waals surface area (Å²) in [6.07, 6.45) is 0. The number of nitrogens with one attached hydrogen (secondary N) is 1. The minimum absolute atomic E-state index is 0.162. The second-order valence-electron chi connectivity index (χ2n) is 4.15. The highest BCUT2D eigenvalue weighted by molar-refractivity contribution is 7.11. The van der Waals surface area contributed by atoms with Crippen LogP contribution in [0.25, 0.3) is 10.9 Å². The van der Waals surface area contributed by atoms with Crippen LogP contribution in [0.1, 0.15) is 10.4 Å². The van der Waals surface area contributed by atoms with Crippen LogP contribution in [0.2, 0.25) is 5.02 Å². The SMILES string of the molecule is O=C(O)c1ccc(Nc2snc3ccccc23)c(Cl)c1. The Balaban J connectivity index is 1.97. The van der Waals surface area contributed by atoms with Gasteiger partial charge in [0.15, 0.2) is 0 Å². The first-order valence-corrected chi connectivity index (χ1v) is 6.94. The van der Waals surface area contributed by atoms with Crippen molar-refractivity contribution >= 4 is 50.7 Å². The van der Waals surface area contributed by atoms with E-state index in [1.165, 1.54) is 23.7 Å². The fourth-order valence-electron chi connectivity index (χ4n) is 1.85. The predicted molar refractivity (Wildman–Crippen MR) is 81.3 cm³/mol. The normalized spacial score (nSPS) is 10.7. The van der Waals surface area contributed by atoms with Gasteiger partial charge < -0.3 is 10.4 Å². The van der Waals surface area contributed by atoms with Gasteiger partial charge in [0.25, 0.3) is 0 Å². The number of carboxylic acid groups (broad SMARTS) is 1. The van der Waals surface area contributed by atoms with Gasteiger partial charge in [-0.2, -0.15) is 4.37 Å². The van der Waals surface area contributed by atoms with E-state index in [0.29, 0.717) is 10.7 Å². The molecular formula is C14H9ClN2O2S. The molecule has 0 spiro atoms. The second-order valence-corrected chi connectivity index (χ2v) is 5.33. The first kappa shape index (κ1) is 12.9. The molecule has 1 heterocycles. The molecule has 20 heavy (non-hydrogen) atoms. The molecule has 0 fully saturated rings. The molecule has 0 saturated heterocycles. The van der Waals surface area contributed by atoms with Crippen molar-refractivity contribution in [2.45, 2.75) is 0 Å². The summed E-state index contributed by atoms with van der Waals surface area (Å²) in [7, 11) is 0. The minimum atomic E-state index is -0.998. The fourth-order valence-corrected chi connectivity index (χ4v) is 2.85. The topological polar surface area (TPSA) is 62.2 Å². The number of nitrogens with zero attached hydrogens (tertiary/aromatic N) is 1. The third-order valence-corrected chi connectivity index (χ3v) is 3.95. The number of fused-ring (bicyclic) bond motifs is 1. The maximum Gasteiger partial charge on any atom is 0.335 e. The van der Waals surface area contributed by atoms with Gasteiger partial charge in [0, 0.05) is 5.39 Å². The van der Waals surface area contributed by atoms with E-state index in [2.05, 4.69) is 9.69 Å². The zero-order chi connectivity index (χ0) is 14.1. The minimum Gasteiger partial charge on any atom is -0.478 e. The molecule has 100 valence electrons. The molecule has 0 atom stereocenters. The average Bonchev–Trinajstić information content (AvgIpc) is 2.84. The summed E-state index contributed by atoms with van der Waals surface area (Å²) in [4.78, 5) is 10.9. The summed E-state index contributed by atoms with van der Waals surface area (Å²) < 4.78 is 4.33.